The maximum absolute atomic E-state index is 13.3. The van der Waals surface area contributed by atoms with Crippen molar-refractivity contribution in [1.29, 1.82) is 0 Å². The Morgan fingerprint density at radius 2 is 1.20 bits per heavy atom. The standard InChI is InChI=1S/C60H94O27/c1-12-23(2)50(77)86-48-47(74)60(87-25(4)63)27(19-55(48,5)6)26-13-14-31-57(9)17-16-33(56(7,8)30(57)15-18-58(31,10)59(26,11)20-32(60)64)81-54-46(85-52-41(72)38(69)35(66)28(21-61)79-52)43(42(73)44(83-54)49(75)76)82-53-45(39(70)36(67)29(22-62)80-53)84-51-40(71)37(68)34(65)24(3)78-51/h12-13,24,27-48,51-54,61-62,64-74H,14-22H2,1-11H3,(H,75,76)/b23-12+/t24-,27-,28+,29+,30-,31+,32+,33-,34-,35+,36-,37+,38-,39-,40+,41+,42-,43-,44-,45+,46+,47-,48-,51-,52-,53-,54+,57-,58+,59+,60+/m0/s1. The molecule has 0 unspecified atom stereocenters. The second kappa shape index (κ2) is 24.8. The predicted molar refractivity (Wildman–Crippen MR) is 294 cm³/mol. The zero-order valence-electron chi connectivity index (χ0n) is 51.2. The zero-order chi connectivity index (χ0) is 64.3. The molecule has 5 aliphatic carbocycles. The third kappa shape index (κ3) is 11.3. The Bertz CT molecular complexity index is 2560. The molecule has 27 heteroatoms. The van der Waals surface area contributed by atoms with Crippen molar-refractivity contribution >= 4 is 17.9 Å². The quantitative estimate of drug-likeness (QED) is 0.0399. The summed E-state index contributed by atoms with van der Waals surface area (Å²) < 4.78 is 61.3. The lowest BCUT2D eigenvalue weighted by atomic mass is 9.34. The molecule has 4 saturated heterocycles. The van der Waals surface area contributed by atoms with Crippen molar-refractivity contribution in [3.05, 3.63) is 23.3 Å². The molecule has 27 nitrogen and oxygen atoms in total. The predicted octanol–water partition coefficient (Wildman–Crippen LogP) is -1.69. The minimum atomic E-state index is -2.29. The number of carbonyl (C=O) groups is 3. The van der Waals surface area contributed by atoms with E-state index in [1.165, 1.54) is 13.8 Å². The third-order valence-corrected chi connectivity index (χ3v) is 22.5. The molecule has 4 saturated carbocycles. The van der Waals surface area contributed by atoms with Crippen molar-refractivity contribution in [3.8, 4) is 0 Å². The summed E-state index contributed by atoms with van der Waals surface area (Å²) in [5, 5.41) is 156. The monoisotopic (exact) mass is 1250 g/mol. The van der Waals surface area contributed by atoms with Crippen LogP contribution in [0.2, 0.25) is 0 Å². The van der Waals surface area contributed by atoms with Gasteiger partial charge in [0.25, 0.3) is 0 Å². The highest BCUT2D eigenvalue weighted by Crippen LogP contribution is 2.75. The number of ether oxygens (including phenoxy) is 10. The average molecular weight is 1250 g/mol. The summed E-state index contributed by atoms with van der Waals surface area (Å²) in [5.74, 6) is -3.98. The number of carboxylic acids is 1. The molecular weight excluding hydrogens is 1150 g/mol. The van der Waals surface area contributed by atoms with Gasteiger partial charge in [-0.1, -0.05) is 66.2 Å². The number of allylic oxidation sites excluding steroid dienone is 2. The van der Waals surface area contributed by atoms with E-state index in [1.807, 2.05) is 27.7 Å². The number of hydrogen-bond donors (Lipinski definition) is 14. The van der Waals surface area contributed by atoms with E-state index >= 15 is 0 Å². The average Bonchev–Trinajstić information content (AvgIpc) is 0.679. The van der Waals surface area contributed by atoms with Crippen LogP contribution in [0.4, 0.5) is 0 Å². The van der Waals surface area contributed by atoms with Gasteiger partial charge in [0.2, 0.25) is 0 Å². The van der Waals surface area contributed by atoms with Crippen LogP contribution < -0.4 is 0 Å². The molecule has 0 amide bonds. The summed E-state index contributed by atoms with van der Waals surface area (Å²) in [6.07, 6.45) is -36.4. The van der Waals surface area contributed by atoms with E-state index < -0.39 is 217 Å². The second-order valence-electron chi connectivity index (χ2n) is 28.1. The van der Waals surface area contributed by atoms with Crippen LogP contribution in [0.25, 0.3) is 0 Å². The molecule has 9 aliphatic rings. The number of carboxylic acid groups (broad SMARTS) is 1. The van der Waals surface area contributed by atoms with Gasteiger partial charge in [-0.3, -0.25) is 4.79 Å². The molecule has 0 radical (unpaired) electrons. The summed E-state index contributed by atoms with van der Waals surface area (Å²) in [4.78, 5) is 39.7. The first-order valence-electron chi connectivity index (χ1n) is 30.4. The number of aliphatic hydroxyl groups is 13. The number of fused-ring (bicyclic) bond motifs is 7. The van der Waals surface area contributed by atoms with E-state index in [2.05, 4.69) is 26.8 Å². The van der Waals surface area contributed by atoms with Crippen molar-refractivity contribution < 1.29 is 133 Å². The Kier molecular flexibility index (Phi) is 19.5. The lowest BCUT2D eigenvalue weighted by Crippen LogP contribution is -2.75. The normalized spacial score (nSPS) is 51.3. The molecule has 0 aromatic carbocycles. The molecule has 4 heterocycles. The van der Waals surface area contributed by atoms with Crippen LogP contribution in [0.3, 0.4) is 0 Å². The van der Waals surface area contributed by atoms with Crippen molar-refractivity contribution in [2.75, 3.05) is 13.2 Å². The molecule has 0 aromatic rings. The summed E-state index contributed by atoms with van der Waals surface area (Å²) in [6, 6.07) is 0. The molecule has 8 fully saturated rings. The van der Waals surface area contributed by atoms with Gasteiger partial charge in [0, 0.05) is 23.8 Å². The summed E-state index contributed by atoms with van der Waals surface area (Å²) in [5.41, 5.74) is -4.01. The molecular formula is C60H94O27. The number of aliphatic carboxylic acids is 1. The van der Waals surface area contributed by atoms with Crippen LogP contribution in [0.5, 0.6) is 0 Å². The lowest BCUT2D eigenvalue weighted by Gasteiger charge is -2.72. The van der Waals surface area contributed by atoms with Gasteiger partial charge in [-0.15, -0.1) is 0 Å². The highest BCUT2D eigenvalue weighted by atomic mass is 16.8. The van der Waals surface area contributed by atoms with Crippen LogP contribution in [-0.4, -0.2) is 255 Å². The van der Waals surface area contributed by atoms with Crippen molar-refractivity contribution in [3.63, 3.8) is 0 Å². The van der Waals surface area contributed by atoms with Gasteiger partial charge in [0.05, 0.1) is 31.5 Å². The first kappa shape index (κ1) is 68.4. The Labute approximate surface area is 505 Å². The summed E-state index contributed by atoms with van der Waals surface area (Å²) in [7, 11) is 0. The molecule has 9 rings (SSSR count). The van der Waals surface area contributed by atoms with Gasteiger partial charge >= 0.3 is 17.9 Å². The van der Waals surface area contributed by atoms with Gasteiger partial charge in [0.15, 0.2) is 36.9 Å². The zero-order valence-corrected chi connectivity index (χ0v) is 51.2. The van der Waals surface area contributed by atoms with E-state index in [4.69, 9.17) is 47.4 Å². The molecule has 31 atom stereocenters. The first-order chi connectivity index (χ1) is 40.5. The van der Waals surface area contributed by atoms with E-state index in [-0.39, 0.29) is 24.7 Å². The highest BCUT2D eigenvalue weighted by Gasteiger charge is 2.75. The van der Waals surface area contributed by atoms with Gasteiger partial charge < -0.3 is 119 Å². The fraction of sp³-hybridized carbons (Fsp3) is 0.883. The second-order valence-corrected chi connectivity index (χ2v) is 28.1. The topological polar surface area (TPSA) is 427 Å². The number of carbonyl (C=O) groups excluding carboxylic acids is 2. The summed E-state index contributed by atoms with van der Waals surface area (Å²) in [6.45, 7) is 18.4. The largest absolute Gasteiger partial charge is 0.479 e. The number of aliphatic hydroxyl groups excluding tert-OH is 13. The molecule has 4 aliphatic heterocycles. The number of esters is 2. The van der Waals surface area contributed by atoms with Crippen LogP contribution >= 0.6 is 0 Å². The fourth-order valence-electron chi connectivity index (χ4n) is 17.3. The maximum atomic E-state index is 13.3. The van der Waals surface area contributed by atoms with Gasteiger partial charge in [-0.05, 0) is 99.2 Å². The Balaban J connectivity index is 1.05. The first-order valence-corrected chi connectivity index (χ1v) is 30.4. The fourth-order valence-corrected chi connectivity index (χ4v) is 17.3. The van der Waals surface area contributed by atoms with Gasteiger partial charge in [-0.25, -0.2) is 9.59 Å². The van der Waals surface area contributed by atoms with Crippen LogP contribution in [0, 0.1) is 44.8 Å². The van der Waals surface area contributed by atoms with Crippen molar-refractivity contribution in [2.45, 2.75) is 274 Å². The number of hydrogen-bond acceptors (Lipinski definition) is 26. The molecule has 0 aromatic heterocycles. The minimum absolute atomic E-state index is 0.0540. The van der Waals surface area contributed by atoms with Gasteiger partial charge in [-0.2, -0.15) is 0 Å². The van der Waals surface area contributed by atoms with Gasteiger partial charge in [0.1, 0.15) is 97.7 Å². The summed E-state index contributed by atoms with van der Waals surface area (Å²) >= 11 is 0. The van der Waals surface area contributed by atoms with Crippen molar-refractivity contribution in [2.24, 2.45) is 44.8 Å². The Morgan fingerprint density at radius 1 is 0.632 bits per heavy atom. The molecule has 87 heavy (non-hydrogen) atoms. The molecule has 0 bridgehead atoms. The number of rotatable bonds is 14. The molecule has 496 valence electrons. The highest BCUT2D eigenvalue weighted by molar-refractivity contribution is 5.87. The van der Waals surface area contributed by atoms with E-state index in [9.17, 15) is 85.9 Å². The van der Waals surface area contributed by atoms with E-state index in [0.29, 0.717) is 37.7 Å². The Morgan fingerprint density at radius 3 is 1.79 bits per heavy atom. The Hall–Kier alpha value is -2.95. The van der Waals surface area contributed by atoms with Crippen LogP contribution in [-0.2, 0) is 61.8 Å². The third-order valence-electron chi connectivity index (χ3n) is 22.5. The lowest BCUT2D eigenvalue weighted by molar-refractivity contribution is -0.406. The van der Waals surface area contributed by atoms with Crippen LogP contribution in [0.1, 0.15) is 121 Å². The van der Waals surface area contributed by atoms with Crippen LogP contribution in [0.15, 0.2) is 23.3 Å². The van der Waals surface area contributed by atoms with Crippen molar-refractivity contribution in [1.82, 2.24) is 0 Å². The maximum Gasteiger partial charge on any atom is 0.335 e. The SMILES string of the molecule is C/C=C(\C)C(=O)O[C@H]1[C@H](O)[C@]2(OC(C)=O)[C@H](O)C[C@]3(C)C(=CC[C@@H]4[C@@]5(C)CC[C@H](O[C@@H]6O[C@H](C(=O)O)[C@@H](O)[C@H](O[C@@H]7O[C@H](CO)[C@H](O)[C@H](O)[C@H]7O[C@@H]7O[C@@H](C)[C@H](O)[C@@H](O)[C@H]7O)[C@H]6O[C@@H]6O[C@H](CO)[C@@H](O)[C@H](O)[C@H]6O)C(C)(C)[C@@H]5CC[C@]43C)[C@@H]2CC1(C)C. The molecule has 14 N–H and O–H groups in total. The van der Waals surface area contributed by atoms with E-state index in [0.717, 1.165) is 5.57 Å². The van der Waals surface area contributed by atoms with E-state index in [1.54, 1.807) is 19.9 Å². The smallest absolute Gasteiger partial charge is 0.335 e. The molecule has 0 spiro atoms. The minimum Gasteiger partial charge on any atom is -0.479 e.